The van der Waals surface area contributed by atoms with Crippen LogP contribution >= 0.6 is 12.2 Å². The number of alkyl halides is 3. The first-order chi connectivity index (χ1) is 10.6. The highest BCUT2D eigenvalue weighted by molar-refractivity contribution is 7.80. The topological polar surface area (TPSA) is 83.7 Å². The Bertz CT molecular complexity index is 619. The van der Waals surface area contributed by atoms with Crippen LogP contribution in [0.1, 0.15) is 24.5 Å². The minimum atomic E-state index is -5.17. The van der Waals surface area contributed by atoms with Gasteiger partial charge in [-0.25, -0.2) is 0 Å². The Kier molecular flexibility index (Phi) is 4.58. The van der Waals surface area contributed by atoms with E-state index in [-0.39, 0.29) is 12.4 Å². The maximum Gasteiger partial charge on any atom is 0.437 e. The highest BCUT2D eigenvalue weighted by Crippen LogP contribution is 2.43. The van der Waals surface area contributed by atoms with Gasteiger partial charge in [-0.15, -0.1) is 0 Å². The van der Waals surface area contributed by atoms with Gasteiger partial charge in [0.25, 0.3) is 5.72 Å². The summed E-state index contributed by atoms with van der Waals surface area (Å²) in [4.78, 5) is 12.1. The molecular formula is C13H15F3N2O4S. The van der Waals surface area contributed by atoms with Crippen molar-refractivity contribution in [3.05, 3.63) is 23.7 Å². The fourth-order valence-corrected chi connectivity index (χ4v) is 2.68. The number of nitrogens with one attached hydrogen (secondary N) is 2. The number of ether oxygens (including phenoxy) is 1. The zero-order valence-electron chi connectivity index (χ0n) is 12.2. The number of hydrogen-bond acceptors (Lipinski definition) is 5. The van der Waals surface area contributed by atoms with Crippen LogP contribution in [0.4, 0.5) is 13.2 Å². The van der Waals surface area contributed by atoms with E-state index in [4.69, 9.17) is 21.4 Å². The molecule has 3 N–H and O–H groups in total. The molecule has 128 valence electrons. The van der Waals surface area contributed by atoms with E-state index in [0.29, 0.717) is 5.76 Å². The SMILES string of the molecule is CCOC(=O)C1C(c2ccc(C)o2)NC(=S)NC1(O)C(F)(F)F. The number of thiocarbonyl (C=S) groups is 1. The molecule has 3 unspecified atom stereocenters. The molecule has 1 aliphatic heterocycles. The van der Waals surface area contributed by atoms with E-state index in [1.54, 1.807) is 12.2 Å². The standard InChI is InChI=1S/C13H15F3N2O4S/c1-3-21-10(19)8-9(7-5-4-6(2)22-7)17-11(23)18-12(8,20)13(14,15)16/h4-5,8-9,20H,3H2,1-2H3,(H2,17,18,23). The summed E-state index contributed by atoms with van der Waals surface area (Å²) in [5, 5.41) is 14.0. The molecule has 0 aliphatic carbocycles. The maximum absolute atomic E-state index is 13.4. The van der Waals surface area contributed by atoms with Crippen LogP contribution in [0.5, 0.6) is 0 Å². The van der Waals surface area contributed by atoms with E-state index in [0.717, 1.165) is 0 Å². The Morgan fingerprint density at radius 3 is 2.65 bits per heavy atom. The van der Waals surface area contributed by atoms with Crippen LogP contribution in [0.2, 0.25) is 0 Å². The Morgan fingerprint density at radius 2 is 2.17 bits per heavy atom. The second-order valence-corrected chi connectivity index (χ2v) is 5.43. The zero-order valence-corrected chi connectivity index (χ0v) is 13.0. The first kappa shape index (κ1) is 17.5. The van der Waals surface area contributed by atoms with Crippen molar-refractivity contribution in [3.8, 4) is 0 Å². The third-order valence-electron chi connectivity index (χ3n) is 3.41. The molecule has 1 aromatic rings. The van der Waals surface area contributed by atoms with Gasteiger partial charge in [0.2, 0.25) is 0 Å². The molecule has 2 rings (SSSR count). The van der Waals surface area contributed by atoms with Crippen molar-refractivity contribution < 1.29 is 32.2 Å². The lowest BCUT2D eigenvalue weighted by Crippen LogP contribution is -2.72. The largest absolute Gasteiger partial charge is 0.466 e. The van der Waals surface area contributed by atoms with Crippen LogP contribution in [0, 0.1) is 12.8 Å². The normalized spacial score (nSPS) is 28.0. The van der Waals surface area contributed by atoms with Crippen molar-refractivity contribution in [2.24, 2.45) is 5.92 Å². The Labute approximate surface area is 135 Å². The van der Waals surface area contributed by atoms with Crippen molar-refractivity contribution in [2.75, 3.05) is 6.61 Å². The quantitative estimate of drug-likeness (QED) is 0.562. The average Bonchev–Trinajstić information content (AvgIpc) is 2.83. The van der Waals surface area contributed by atoms with Crippen molar-refractivity contribution in [1.29, 1.82) is 0 Å². The molecule has 10 heteroatoms. The molecule has 1 saturated heterocycles. The summed E-state index contributed by atoms with van der Waals surface area (Å²) >= 11 is 4.74. The maximum atomic E-state index is 13.4. The molecule has 1 fully saturated rings. The molecule has 6 nitrogen and oxygen atoms in total. The molecule has 0 radical (unpaired) electrons. The van der Waals surface area contributed by atoms with E-state index in [1.165, 1.54) is 19.1 Å². The zero-order chi connectivity index (χ0) is 17.4. The lowest BCUT2D eigenvalue weighted by Gasteiger charge is -2.44. The summed E-state index contributed by atoms with van der Waals surface area (Å²) in [6, 6.07) is 1.60. The van der Waals surface area contributed by atoms with E-state index < -0.39 is 34.9 Å². The van der Waals surface area contributed by atoms with Crippen LogP contribution in [-0.4, -0.2) is 34.7 Å². The van der Waals surface area contributed by atoms with Crippen LogP contribution in [0.15, 0.2) is 16.5 Å². The predicted molar refractivity (Wildman–Crippen MR) is 76.2 cm³/mol. The van der Waals surface area contributed by atoms with Gasteiger partial charge in [-0.2, -0.15) is 13.2 Å². The molecule has 0 bridgehead atoms. The number of aliphatic hydroxyl groups is 1. The second kappa shape index (κ2) is 6.00. The first-order valence-electron chi connectivity index (χ1n) is 6.71. The molecule has 0 spiro atoms. The summed E-state index contributed by atoms with van der Waals surface area (Å²) < 4.78 is 50.2. The van der Waals surface area contributed by atoms with Gasteiger partial charge in [-0.05, 0) is 38.2 Å². The summed E-state index contributed by atoms with van der Waals surface area (Å²) in [5.41, 5.74) is -3.58. The lowest BCUT2D eigenvalue weighted by molar-refractivity contribution is -0.292. The molecule has 1 aliphatic rings. The Morgan fingerprint density at radius 1 is 1.52 bits per heavy atom. The van der Waals surface area contributed by atoms with Gasteiger partial charge in [-0.1, -0.05) is 0 Å². The van der Waals surface area contributed by atoms with Gasteiger partial charge in [0, 0.05) is 0 Å². The number of rotatable bonds is 3. The van der Waals surface area contributed by atoms with Crippen molar-refractivity contribution in [2.45, 2.75) is 31.8 Å². The number of esters is 1. The van der Waals surface area contributed by atoms with Crippen molar-refractivity contribution in [1.82, 2.24) is 10.6 Å². The average molecular weight is 352 g/mol. The smallest absolute Gasteiger partial charge is 0.437 e. The number of carbonyl (C=O) groups excluding carboxylic acids is 1. The minimum Gasteiger partial charge on any atom is -0.466 e. The van der Waals surface area contributed by atoms with Crippen LogP contribution in [-0.2, 0) is 9.53 Å². The first-order valence-corrected chi connectivity index (χ1v) is 7.11. The predicted octanol–water partition coefficient (Wildman–Crippen LogP) is 1.54. The molecular weight excluding hydrogens is 337 g/mol. The molecule has 3 atom stereocenters. The number of furan rings is 1. The monoisotopic (exact) mass is 352 g/mol. The number of aryl methyl sites for hydroxylation is 1. The fourth-order valence-electron chi connectivity index (χ4n) is 2.39. The van der Waals surface area contributed by atoms with Crippen molar-refractivity contribution >= 4 is 23.3 Å². The van der Waals surface area contributed by atoms with Gasteiger partial charge >= 0.3 is 12.1 Å². The van der Waals surface area contributed by atoms with Crippen LogP contribution < -0.4 is 10.6 Å². The van der Waals surface area contributed by atoms with E-state index >= 15 is 0 Å². The van der Waals surface area contributed by atoms with Gasteiger partial charge in [0.05, 0.1) is 6.61 Å². The summed E-state index contributed by atoms with van der Waals surface area (Å²) in [7, 11) is 0. The third-order valence-corrected chi connectivity index (χ3v) is 3.63. The number of carbonyl (C=O) groups is 1. The van der Waals surface area contributed by atoms with Gasteiger partial charge in [-0.3, -0.25) is 4.79 Å². The van der Waals surface area contributed by atoms with Gasteiger partial charge in [0.1, 0.15) is 23.5 Å². The fraction of sp³-hybridized carbons (Fsp3) is 0.538. The van der Waals surface area contributed by atoms with E-state index in [9.17, 15) is 23.1 Å². The van der Waals surface area contributed by atoms with E-state index in [1.807, 2.05) is 0 Å². The van der Waals surface area contributed by atoms with Crippen LogP contribution in [0.3, 0.4) is 0 Å². The lowest BCUT2D eigenvalue weighted by atomic mass is 9.84. The molecule has 0 aromatic carbocycles. The summed E-state index contributed by atoms with van der Waals surface area (Å²) in [5.74, 6) is -2.80. The Hall–Kier alpha value is -1.81. The molecule has 2 heterocycles. The molecule has 0 saturated carbocycles. The van der Waals surface area contributed by atoms with Gasteiger partial charge < -0.3 is 24.9 Å². The highest BCUT2D eigenvalue weighted by atomic mass is 32.1. The number of hydrogen-bond donors (Lipinski definition) is 3. The summed E-state index contributed by atoms with van der Waals surface area (Å²) in [6.07, 6.45) is -5.17. The van der Waals surface area contributed by atoms with Gasteiger partial charge in [0.15, 0.2) is 5.11 Å². The molecule has 1 aromatic heterocycles. The van der Waals surface area contributed by atoms with E-state index in [2.05, 4.69) is 5.32 Å². The Balaban J connectivity index is 2.53. The number of halogens is 3. The second-order valence-electron chi connectivity index (χ2n) is 5.02. The molecule has 0 amide bonds. The summed E-state index contributed by atoms with van der Waals surface area (Å²) in [6.45, 7) is 2.90. The van der Waals surface area contributed by atoms with Crippen molar-refractivity contribution in [3.63, 3.8) is 0 Å². The minimum absolute atomic E-state index is 0.0343. The highest BCUT2D eigenvalue weighted by Gasteiger charge is 2.67. The van der Waals surface area contributed by atoms with Crippen LogP contribution in [0.25, 0.3) is 0 Å². The molecule has 23 heavy (non-hydrogen) atoms. The third kappa shape index (κ3) is 3.13.